The van der Waals surface area contributed by atoms with Gasteiger partial charge >= 0.3 is 0 Å². The number of thiazole rings is 1. The van der Waals surface area contributed by atoms with Crippen molar-refractivity contribution in [2.24, 2.45) is 0 Å². The van der Waals surface area contributed by atoms with E-state index >= 15 is 0 Å². The molecule has 0 atom stereocenters. The Morgan fingerprint density at radius 2 is 1.70 bits per heavy atom. The predicted octanol–water partition coefficient (Wildman–Crippen LogP) is 6.64. The topological polar surface area (TPSA) is 83.7 Å². The largest absolute Gasteiger partial charge is 0.467 e. The minimum absolute atomic E-state index is 0.198. The molecule has 0 aliphatic heterocycles. The van der Waals surface area contributed by atoms with E-state index < -0.39 is 10.0 Å². The molecule has 2 heterocycles. The van der Waals surface area contributed by atoms with Crippen molar-refractivity contribution >= 4 is 42.6 Å². The molecule has 9 heteroatoms. The number of fused-ring (bicyclic) bond motifs is 1. The van der Waals surface area contributed by atoms with Crippen LogP contribution in [0.3, 0.4) is 0 Å². The molecular formula is C28H33N3O4S2. The summed E-state index contributed by atoms with van der Waals surface area (Å²) in [5.41, 5.74) is 2.33. The van der Waals surface area contributed by atoms with Gasteiger partial charge in [-0.25, -0.2) is 13.4 Å². The van der Waals surface area contributed by atoms with Gasteiger partial charge in [0.25, 0.3) is 5.91 Å². The zero-order valence-corrected chi connectivity index (χ0v) is 23.1. The zero-order valence-electron chi connectivity index (χ0n) is 21.5. The number of benzene rings is 2. The molecule has 0 saturated carbocycles. The van der Waals surface area contributed by atoms with Gasteiger partial charge in [0.2, 0.25) is 10.0 Å². The molecule has 0 spiro atoms. The fourth-order valence-corrected chi connectivity index (χ4v) is 6.59. The van der Waals surface area contributed by atoms with E-state index in [-0.39, 0.29) is 17.3 Å². The van der Waals surface area contributed by atoms with Crippen molar-refractivity contribution in [3.8, 4) is 0 Å². The molecule has 0 aliphatic carbocycles. The molecule has 7 nitrogen and oxygen atoms in total. The average molecular weight is 540 g/mol. The third-order valence-electron chi connectivity index (χ3n) is 6.16. The van der Waals surface area contributed by atoms with Gasteiger partial charge in [0.15, 0.2) is 5.13 Å². The molecule has 4 rings (SSSR count). The first kappa shape index (κ1) is 27.0. The van der Waals surface area contributed by atoms with Crippen molar-refractivity contribution in [3.05, 3.63) is 77.7 Å². The summed E-state index contributed by atoms with van der Waals surface area (Å²) in [6.45, 7) is 7.32. The van der Waals surface area contributed by atoms with Crippen LogP contribution < -0.4 is 4.90 Å². The van der Waals surface area contributed by atoms with Crippen molar-refractivity contribution in [1.82, 2.24) is 9.29 Å². The van der Waals surface area contributed by atoms with Crippen molar-refractivity contribution in [2.45, 2.75) is 57.9 Å². The molecule has 0 radical (unpaired) electrons. The minimum Gasteiger partial charge on any atom is -0.467 e. The number of aryl methyl sites for hydroxylation is 1. The minimum atomic E-state index is -3.64. The van der Waals surface area contributed by atoms with E-state index in [0.29, 0.717) is 29.5 Å². The predicted molar refractivity (Wildman–Crippen MR) is 149 cm³/mol. The molecule has 0 fully saturated rings. The standard InChI is InChI=1S/C28H33N3O4S2/c1-4-6-16-30(17-7-5-2)37(33,34)24-13-11-22(12-14-24)27(32)31(20-23-9-8-18-35-23)28-29-25-15-10-21(3)19-26(25)36-28/h8-15,18-19H,4-7,16-17,20H2,1-3H3. The molecule has 196 valence electrons. The Kier molecular flexibility index (Phi) is 8.79. The van der Waals surface area contributed by atoms with E-state index in [1.807, 2.05) is 39.0 Å². The van der Waals surface area contributed by atoms with Gasteiger partial charge in [-0.15, -0.1) is 0 Å². The molecule has 0 N–H and O–H groups in total. The highest BCUT2D eigenvalue weighted by atomic mass is 32.2. The number of nitrogens with zero attached hydrogens (tertiary/aromatic N) is 3. The highest BCUT2D eigenvalue weighted by molar-refractivity contribution is 7.89. The molecular weight excluding hydrogens is 506 g/mol. The Morgan fingerprint density at radius 1 is 1.00 bits per heavy atom. The lowest BCUT2D eigenvalue weighted by Gasteiger charge is -2.22. The molecule has 0 saturated heterocycles. The Hall–Kier alpha value is -3.01. The monoisotopic (exact) mass is 539 g/mol. The van der Waals surface area contributed by atoms with E-state index in [2.05, 4.69) is 6.07 Å². The third-order valence-corrected chi connectivity index (χ3v) is 9.12. The maximum Gasteiger partial charge on any atom is 0.260 e. The number of furan rings is 1. The van der Waals surface area contributed by atoms with E-state index in [9.17, 15) is 13.2 Å². The van der Waals surface area contributed by atoms with Crippen LogP contribution >= 0.6 is 11.3 Å². The molecule has 0 aliphatic rings. The Morgan fingerprint density at radius 3 is 2.32 bits per heavy atom. The maximum atomic E-state index is 13.7. The summed E-state index contributed by atoms with van der Waals surface area (Å²) in [5.74, 6) is 0.357. The van der Waals surface area contributed by atoms with E-state index in [4.69, 9.17) is 9.40 Å². The number of sulfonamides is 1. The van der Waals surface area contributed by atoms with Crippen LogP contribution in [0.4, 0.5) is 5.13 Å². The fraction of sp³-hybridized carbons (Fsp3) is 0.357. The number of hydrogen-bond donors (Lipinski definition) is 0. The first-order valence-electron chi connectivity index (χ1n) is 12.6. The second-order valence-corrected chi connectivity index (χ2v) is 12.0. The van der Waals surface area contributed by atoms with Crippen molar-refractivity contribution < 1.29 is 17.6 Å². The van der Waals surface area contributed by atoms with Gasteiger partial charge in [0.05, 0.1) is 27.9 Å². The first-order chi connectivity index (χ1) is 17.8. The van der Waals surface area contributed by atoms with E-state index in [1.165, 1.54) is 23.5 Å². The van der Waals surface area contributed by atoms with Gasteiger partial charge in [-0.3, -0.25) is 9.69 Å². The lowest BCUT2D eigenvalue weighted by molar-refractivity contribution is 0.0983. The summed E-state index contributed by atoms with van der Waals surface area (Å²) in [4.78, 5) is 20.2. The van der Waals surface area contributed by atoms with Crippen LogP contribution in [0.2, 0.25) is 0 Å². The van der Waals surface area contributed by atoms with Crippen LogP contribution in [-0.2, 0) is 16.6 Å². The summed E-state index contributed by atoms with van der Waals surface area (Å²) in [7, 11) is -3.64. The lowest BCUT2D eigenvalue weighted by atomic mass is 10.2. The molecule has 1 amide bonds. The van der Waals surface area contributed by atoms with E-state index in [0.717, 1.165) is 41.5 Å². The van der Waals surface area contributed by atoms with Gasteiger partial charge in [-0.2, -0.15) is 4.31 Å². The summed E-state index contributed by atoms with van der Waals surface area (Å²) >= 11 is 1.44. The number of amides is 1. The Balaban J connectivity index is 1.63. The SMILES string of the molecule is CCCCN(CCCC)S(=O)(=O)c1ccc(C(=O)N(Cc2ccco2)c2nc3ccc(C)cc3s2)cc1. The summed E-state index contributed by atoms with van der Waals surface area (Å²) in [5, 5.41) is 0.559. The van der Waals surface area contributed by atoms with Gasteiger partial charge in [0, 0.05) is 18.7 Å². The van der Waals surface area contributed by atoms with Crippen LogP contribution in [0.5, 0.6) is 0 Å². The van der Waals surface area contributed by atoms with Gasteiger partial charge in [-0.05, 0) is 73.9 Å². The molecule has 2 aromatic heterocycles. The van der Waals surface area contributed by atoms with E-state index in [1.54, 1.807) is 33.7 Å². The van der Waals surface area contributed by atoms with Crippen molar-refractivity contribution in [2.75, 3.05) is 18.0 Å². The third kappa shape index (κ3) is 6.29. The molecule has 0 unspecified atom stereocenters. The number of hydrogen-bond acceptors (Lipinski definition) is 6. The van der Waals surface area contributed by atoms with Crippen LogP contribution in [0.25, 0.3) is 10.2 Å². The smallest absolute Gasteiger partial charge is 0.260 e. The summed E-state index contributed by atoms with van der Waals surface area (Å²) in [6, 6.07) is 15.8. The molecule has 4 aromatic rings. The number of unbranched alkanes of at least 4 members (excludes halogenated alkanes) is 2. The highest BCUT2D eigenvalue weighted by Crippen LogP contribution is 2.32. The average Bonchev–Trinajstić information content (AvgIpc) is 3.56. The number of anilines is 1. The molecule has 0 bridgehead atoms. The normalized spacial score (nSPS) is 11.9. The zero-order chi connectivity index (χ0) is 26.4. The number of carbonyl (C=O) groups excluding carboxylic acids is 1. The number of aromatic nitrogens is 1. The second-order valence-electron chi connectivity index (χ2n) is 9.07. The van der Waals surface area contributed by atoms with Gasteiger partial charge in [-0.1, -0.05) is 44.1 Å². The Bertz CT molecular complexity index is 1420. The van der Waals surface area contributed by atoms with Crippen LogP contribution in [0, 0.1) is 6.92 Å². The number of rotatable bonds is 12. The van der Waals surface area contributed by atoms with Crippen molar-refractivity contribution in [3.63, 3.8) is 0 Å². The van der Waals surface area contributed by atoms with Crippen LogP contribution in [-0.4, -0.2) is 36.7 Å². The van der Waals surface area contributed by atoms with Crippen molar-refractivity contribution in [1.29, 1.82) is 0 Å². The van der Waals surface area contributed by atoms with Crippen LogP contribution in [0.1, 0.15) is 61.2 Å². The Labute approximate surface area is 222 Å². The quantitative estimate of drug-likeness (QED) is 0.202. The maximum absolute atomic E-state index is 13.7. The fourth-order valence-electron chi connectivity index (χ4n) is 4.02. The summed E-state index contributed by atoms with van der Waals surface area (Å²) in [6.07, 6.45) is 5.03. The second kappa shape index (κ2) is 12.0. The van der Waals surface area contributed by atoms with Gasteiger partial charge in [0.1, 0.15) is 5.76 Å². The lowest BCUT2D eigenvalue weighted by Crippen LogP contribution is -2.33. The van der Waals surface area contributed by atoms with Gasteiger partial charge < -0.3 is 4.42 Å². The molecule has 2 aromatic carbocycles. The first-order valence-corrected chi connectivity index (χ1v) is 14.9. The molecule has 37 heavy (non-hydrogen) atoms. The summed E-state index contributed by atoms with van der Waals surface area (Å²) < 4.78 is 34.7. The highest BCUT2D eigenvalue weighted by Gasteiger charge is 2.26. The van der Waals surface area contributed by atoms with Crippen LogP contribution in [0.15, 0.2) is 70.2 Å². The number of carbonyl (C=O) groups is 1.